The third-order valence-corrected chi connectivity index (χ3v) is 4.18. The van der Waals surface area contributed by atoms with Gasteiger partial charge >= 0.3 is 0 Å². The van der Waals surface area contributed by atoms with E-state index in [0.717, 1.165) is 17.8 Å². The van der Waals surface area contributed by atoms with E-state index in [1.54, 1.807) is 11.3 Å². The lowest BCUT2D eigenvalue weighted by atomic mass is 10.2. The topological polar surface area (TPSA) is 71.3 Å². The zero-order valence-electron chi connectivity index (χ0n) is 13.2. The number of hydrogen-bond acceptors (Lipinski definition) is 6. The monoisotopic (exact) mass is 322 g/mol. The van der Waals surface area contributed by atoms with Crippen molar-refractivity contribution < 1.29 is 9.21 Å². The summed E-state index contributed by atoms with van der Waals surface area (Å²) >= 11 is 1.56. The minimum absolute atomic E-state index is 0.0222. The molecule has 2 aromatic heterocycles. The molecule has 2 rings (SSSR count). The van der Waals surface area contributed by atoms with Crippen LogP contribution in [0.4, 0.5) is 0 Å². The molecular formula is C15H22N4O2S. The summed E-state index contributed by atoms with van der Waals surface area (Å²) in [6, 6.07) is 3.67. The fourth-order valence-electron chi connectivity index (χ4n) is 2.18. The van der Waals surface area contributed by atoms with Crippen LogP contribution >= 0.6 is 11.3 Å². The van der Waals surface area contributed by atoms with Gasteiger partial charge in [-0.1, -0.05) is 13.0 Å². The van der Waals surface area contributed by atoms with Crippen LogP contribution < -0.4 is 5.32 Å². The Hall–Kier alpha value is -1.73. The first-order chi connectivity index (χ1) is 10.7. The van der Waals surface area contributed by atoms with E-state index in [-0.39, 0.29) is 11.9 Å². The highest BCUT2D eigenvalue weighted by atomic mass is 32.1. The van der Waals surface area contributed by atoms with Crippen LogP contribution in [0.2, 0.25) is 0 Å². The zero-order chi connectivity index (χ0) is 15.9. The molecular weight excluding hydrogens is 300 g/mol. The summed E-state index contributed by atoms with van der Waals surface area (Å²) in [6.07, 6.45) is 0.954. The Morgan fingerprint density at radius 3 is 2.91 bits per heavy atom. The third-order valence-electron chi connectivity index (χ3n) is 3.33. The van der Waals surface area contributed by atoms with E-state index in [0.29, 0.717) is 24.9 Å². The van der Waals surface area contributed by atoms with Crippen molar-refractivity contribution in [1.82, 2.24) is 20.4 Å². The highest BCUT2D eigenvalue weighted by molar-refractivity contribution is 7.13. The Morgan fingerprint density at radius 1 is 1.45 bits per heavy atom. The van der Waals surface area contributed by atoms with Gasteiger partial charge in [0.1, 0.15) is 0 Å². The van der Waals surface area contributed by atoms with E-state index in [4.69, 9.17) is 4.42 Å². The maximum Gasteiger partial charge on any atom is 0.257 e. The summed E-state index contributed by atoms with van der Waals surface area (Å²) in [5.41, 5.74) is 0. The molecule has 0 aromatic carbocycles. The van der Waals surface area contributed by atoms with E-state index >= 15 is 0 Å². The number of nitrogens with one attached hydrogen (secondary N) is 1. The van der Waals surface area contributed by atoms with Gasteiger partial charge in [0.05, 0.1) is 17.5 Å². The molecule has 1 atom stereocenters. The molecule has 0 saturated carbocycles. The molecule has 1 N–H and O–H groups in total. The minimum atomic E-state index is -0.225. The Labute approximate surface area is 134 Å². The van der Waals surface area contributed by atoms with Crippen LogP contribution in [0.25, 0.3) is 10.8 Å². The van der Waals surface area contributed by atoms with E-state index in [1.165, 1.54) is 0 Å². The van der Waals surface area contributed by atoms with Gasteiger partial charge in [0.2, 0.25) is 11.8 Å². The van der Waals surface area contributed by atoms with Crippen LogP contribution in [0.15, 0.2) is 21.9 Å². The molecule has 7 heteroatoms. The lowest BCUT2D eigenvalue weighted by Gasteiger charge is -2.26. The largest absolute Gasteiger partial charge is 0.419 e. The Morgan fingerprint density at radius 2 is 2.27 bits per heavy atom. The second-order valence-corrected chi connectivity index (χ2v) is 5.97. The SMILES string of the molecule is CCCN(Cc1nnc(-c2cccs2)o1)[C@@H](C)C(=O)NCC. The molecule has 0 aliphatic rings. The van der Waals surface area contributed by atoms with Crippen molar-refractivity contribution >= 4 is 17.2 Å². The predicted molar refractivity (Wildman–Crippen MR) is 86.5 cm³/mol. The van der Waals surface area contributed by atoms with Crippen molar-refractivity contribution in [3.8, 4) is 10.8 Å². The standard InChI is InChI=1S/C15H22N4O2S/c1-4-8-19(11(3)14(20)16-5-2)10-13-17-18-15(21-13)12-7-6-9-22-12/h6-7,9,11H,4-5,8,10H2,1-3H3,(H,16,20)/t11-/m0/s1. The molecule has 0 bridgehead atoms. The maximum atomic E-state index is 12.0. The van der Waals surface area contributed by atoms with Crippen molar-refractivity contribution in [1.29, 1.82) is 0 Å². The number of carbonyl (C=O) groups is 1. The molecule has 0 radical (unpaired) electrons. The molecule has 0 fully saturated rings. The number of nitrogens with zero attached hydrogens (tertiary/aromatic N) is 3. The van der Waals surface area contributed by atoms with E-state index < -0.39 is 0 Å². The first kappa shape index (κ1) is 16.6. The number of likely N-dealkylation sites (N-methyl/N-ethyl adjacent to an activating group) is 1. The average molecular weight is 322 g/mol. The van der Waals surface area contributed by atoms with Gasteiger partial charge in [0.25, 0.3) is 5.89 Å². The highest BCUT2D eigenvalue weighted by Crippen LogP contribution is 2.23. The lowest BCUT2D eigenvalue weighted by molar-refractivity contribution is -0.126. The molecule has 22 heavy (non-hydrogen) atoms. The second-order valence-electron chi connectivity index (χ2n) is 5.02. The Bertz CT molecular complexity index is 582. The van der Waals surface area contributed by atoms with Gasteiger partial charge in [0.15, 0.2) is 0 Å². The molecule has 0 aliphatic carbocycles. The zero-order valence-corrected chi connectivity index (χ0v) is 14.0. The second kappa shape index (κ2) is 8.05. The van der Waals surface area contributed by atoms with Crippen molar-refractivity contribution in [2.24, 2.45) is 0 Å². The molecule has 6 nitrogen and oxygen atoms in total. The van der Waals surface area contributed by atoms with E-state index in [1.807, 2.05) is 31.4 Å². The summed E-state index contributed by atoms with van der Waals surface area (Å²) in [5, 5.41) is 13.0. The number of aromatic nitrogens is 2. The molecule has 0 saturated heterocycles. The van der Waals surface area contributed by atoms with Gasteiger partial charge in [-0.2, -0.15) is 0 Å². The molecule has 0 spiro atoms. The predicted octanol–water partition coefficient (Wildman–Crippen LogP) is 2.53. The fourth-order valence-corrected chi connectivity index (χ4v) is 2.82. The van der Waals surface area contributed by atoms with Crippen molar-refractivity contribution in [2.45, 2.75) is 39.8 Å². The van der Waals surface area contributed by atoms with Crippen LogP contribution in [0.3, 0.4) is 0 Å². The van der Waals surface area contributed by atoms with Crippen LogP contribution in [0.5, 0.6) is 0 Å². The summed E-state index contributed by atoms with van der Waals surface area (Å²) < 4.78 is 5.71. The van der Waals surface area contributed by atoms with Crippen LogP contribution in [0.1, 0.15) is 33.1 Å². The Balaban J connectivity index is 2.06. The van der Waals surface area contributed by atoms with Crippen LogP contribution in [0, 0.1) is 0 Å². The number of rotatable bonds is 8. The van der Waals surface area contributed by atoms with E-state index in [2.05, 4.69) is 27.3 Å². The smallest absolute Gasteiger partial charge is 0.257 e. The van der Waals surface area contributed by atoms with Crippen LogP contribution in [-0.2, 0) is 11.3 Å². The molecule has 1 amide bonds. The average Bonchev–Trinajstić information content (AvgIpc) is 3.17. The fraction of sp³-hybridized carbons (Fsp3) is 0.533. The molecule has 2 aromatic rings. The summed E-state index contributed by atoms with van der Waals surface area (Å²) in [5.74, 6) is 1.09. The number of carbonyl (C=O) groups excluding carboxylic acids is 1. The highest BCUT2D eigenvalue weighted by Gasteiger charge is 2.22. The van der Waals surface area contributed by atoms with Crippen LogP contribution in [-0.4, -0.2) is 40.1 Å². The molecule has 0 unspecified atom stereocenters. The van der Waals surface area contributed by atoms with Gasteiger partial charge in [-0.05, 0) is 38.3 Å². The quantitative estimate of drug-likeness (QED) is 0.808. The summed E-state index contributed by atoms with van der Waals surface area (Å²) in [4.78, 5) is 15.0. The summed E-state index contributed by atoms with van der Waals surface area (Å²) in [6.45, 7) is 7.81. The first-order valence-corrected chi connectivity index (χ1v) is 8.41. The maximum absolute atomic E-state index is 12.0. The molecule has 120 valence electrons. The number of amides is 1. The molecule has 0 aliphatic heterocycles. The Kier molecular flexibility index (Phi) is 6.09. The molecule has 2 heterocycles. The van der Waals surface area contributed by atoms with Crippen molar-refractivity contribution in [3.05, 3.63) is 23.4 Å². The van der Waals surface area contributed by atoms with Gasteiger partial charge in [-0.25, -0.2) is 0 Å². The third kappa shape index (κ3) is 4.14. The lowest BCUT2D eigenvalue weighted by Crippen LogP contribution is -2.45. The summed E-state index contributed by atoms with van der Waals surface area (Å²) in [7, 11) is 0. The normalized spacial score (nSPS) is 12.5. The van der Waals surface area contributed by atoms with Gasteiger partial charge < -0.3 is 9.73 Å². The number of thiophene rings is 1. The minimum Gasteiger partial charge on any atom is -0.419 e. The van der Waals surface area contributed by atoms with Gasteiger partial charge in [-0.15, -0.1) is 21.5 Å². The number of hydrogen-bond donors (Lipinski definition) is 1. The van der Waals surface area contributed by atoms with Crippen molar-refractivity contribution in [2.75, 3.05) is 13.1 Å². The van der Waals surface area contributed by atoms with Gasteiger partial charge in [0, 0.05) is 6.54 Å². The van der Waals surface area contributed by atoms with E-state index in [9.17, 15) is 4.79 Å². The van der Waals surface area contributed by atoms with Crippen molar-refractivity contribution in [3.63, 3.8) is 0 Å². The first-order valence-electron chi connectivity index (χ1n) is 7.53. The van der Waals surface area contributed by atoms with Gasteiger partial charge in [-0.3, -0.25) is 9.69 Å².